The number of Topliss-reactive ketones (excluding diaryl/α,β-unsaturated/α-hetero) is 1. The first-order valence-corrected chi connectivity index (χ1v) is 6.41. The smallest absolute Gasteiger partial charge is 0.168 e. The Kier molecular flexibility index (Phi) is 4.22. The van der Waals surface area contributed by atoms with Crippen LogP contribution in [-0.2, 0) is 9.47 Å². The molecule has 1 atom stereocenters. The van der Waals surface area contributed by atoms with Crippen LogP contribution in [0.3, 0.4) is 0 Å². The molecule has 1 aliphatic heterocycles. The SMILES string of the molecule is COc1ccc(C(=O)C(C)(C)CC2COCO2)cc1. The van der Waals surface area contributed by atoms with E-state index in [1.807, 2.05) is 13.8 Å². The van der Waals surface area contributed by atoms with E-state index in [1.165, 1.54) is 0 Å². The molecule has 1 aliphatic rings. The summed E-state index contributed by atoms with van der Waals surface area (Å²) in [5.41, 5.74) is 0.233. The van der Waals surface area contributed by atoms with Gasteiger partial charge < -0.3 is 14.2 Å². The van der Waals surface area contributed by atoms with Crippen molar-refractivity contribution in [2.45, 2.75) is 26.4 Å². The third-order valence-corrected chi connectivity index (χ3v) is 3.40. The molecule has 4 heteroatoms. The van der Waals surface area contributed by atoms with Gasteiger partial charge in [0.2, 0.25) is 0 Å². The van der Waals surface area contributed by atoms with Crippen molar-refractivity contribution in [1.29, 1.82) is 0 Å². The molecule has 1 saturated heterocycles. The van der Waals surface area contributed by atoms with Crippen LogP contribution in [0, 0.1) is 5.41 Å². The number of benzene rings is 1. The second kappa shape index (κ2) is 5.72. The quantitative estimate of drug-likeness (QED) is 0.767. The molecule has 0 aromatic heterocycles. The number of hydrogen-bond acceptors (Lipinski definition) is 4. The summed E-state index contributed by atoms with van der Waals surface area (Å²) in [5, 5.41) is 0. The maximum Gasteiger partial charge on any atom is 0.168 e. The van der Waals surface area contributed by atoms with Crippen LogP contribution in [0.1, 0.15) is 30.6 Å². The minimum Gasteiger partial charge on any atom is -0.497 e. The molecule has 0 amide bonds. The molecule has 0 bridgehead atoms. The van der Waals surface area contributed by atoms with Gasteiger partial charge >= 0.3 is 0 Å². The molecule has 104 valence electrons. The molecule has 1 fully saturated rings. The van der Waals surface area contributed by atoms with Gasteiger partial charge in [-0.05, 0) is 30.7 Å². The molecule has 1 aromatic rings. The van der Waals surface area contributed by atoms with E-state index in [0.29, 0.717) is 25.4 Å². The van der Waals surface area contributed by atoms with Crippen LogP contribution in [0.15, 0.2) is 24.3 Å². The molecule has 19 heavy (non-hydrogen) atoms. The highest BCUT2D eigenvalue weighted by molar-refractivity contribution is 6.00. The van der Waals surface area contributed by atoms with Crippen LogP contribution in [0.5, 0.6) is 5.75 Å². The fraction of sp³-hybridized carbons (Fsp3) is 0.533. The molecule has 0 spiro atoms. The summed E-state index contributed by atoms with van der Waals surface area (Å²) in [6.07, 6.45) is 0.676. The second-order valence-electron chi connectivity index (χ2n) is 5.42. The van der Waals surface area contributed by atoms with Crippen molar-refractivity contribution in [3.8, 4) is 5.75 Å². The number of carbonyl (C=O) groups excluding carboxylic acids is 1. The van der Waals surface area contributed by atoms with Gasteiger partial charge in [-0.1, -0.05) is 13.8 Å². The molecular weight excluding hydrogens is 244 g/mol. The van der Waals surface area contributed by atoms with E-state index in [0.717, 1.165) is 5.75 Å². The van der Waals surface area contributed by atoms with Crippen LogP contribution in [-0.4, -0.2) is 32.4 Å². The molecule has 0 saturated carbocycles. The lowest BCUT2D eigenvalue weighted by atomic mass is 9.79. The van der Waals surface area contributed by atoms with E-state index in [4.69, 9.17) is 14.2 Å². The van der Waals surface area contributed by atoms with Crippen molar-refractivity contribution in [3.63, 3.8) is 0 Å². The lowest BCUT2D eigenvalue weighted by molar-refractivity contribution is 0.0321. The maximum absolute atomic E-state index is 12.5. The molecule has 0 aliphatic carbocycles. The Labute approximate surface area is 113 Å². The van der Waals surface area contributed by atoms with Gasteiger partial charge in [-0.2, -0.15) is 0 Å². The Hall–Kier alpha value is -1.39. The number of methoxy groups -OCH3 is 1. The minimum absolute atomic E-state index is 0.0113. The molecule has 2 rings (SSSR count). The molecule has 0 N–H and O–H groups in total. The largest absolute Gasteiger partial charge is 0.497 e. The molecule has 1 heterocycles. The molecule has 1 aromatic carbocycles. The molecular formula is C15H20O4. The van der Waals surface area contributed by atoms with E-state index < -0.39 is 5.41 Å². The number of ketones is 1. The predicted molar refractivity (Wildman–Crippen MR) is 71.4 cm³/mol. The van der Waals surface area contributed by atoms with Crippen molar-refractivity contribution >= 4 is 5.78 Å². The second-order valence-corrected chi connectivity index (χ2v) is 5.42. The van der Waals surface area contributed by atoms with Crippen LogP contribution >= 0.6 is 0 Å². The highest BCUT2D eigenvalue weighted by Crippen LogP contribution is 2.30. The van der Waals surface area contributed by atoms with Gasteiger partial charge in [0.1, 0.15) is 12.5 Å². The number of carbonyl (C=O) groups is 1. The average molecular weight is 264 g/mol. The topological polar surface area (TPSA) is 44.8 Å². The van der Waals surface area contributed by atoms with Crippen molar-refractivity contribution in [2.24, 2.45) is 5.41 Å². The first-order chi connectivity index (χ1) is 9.03. The zero-order valence-corrected chi connectivity index (χ0v) is 11.6. The van der Waals surface area contributed by atoms with Crippen molar-refractivity contribution in [3.05, 3.63) is 29.8 Å². The van der Waals surface area contributed by atoms with Crippen LogP contribution < -0.4 is 4.74 Å². The van der Waals surface area contributed by atoms with Gasteiger partial charge in [0.25, 0.3) is 0 Å². The lowest BCUT2D eigenvalue weighted by Crippen LogP contribution is -2.30. The monoisotopic (exact) mass is 264 g/mol. The zero-order valence-electron chi connectivity index (χ0n) is 11.6. The van der Waals surface area contributed by atoms with Gasteiger partial charge in [-0.25, -0.2) is 0 Å². The summed E-state index contributed by atoms with van der Waals surface area (Å²) in [6, 6.07) is 7.21. The van der Waals surface area contributed by atoms with E-state index in [9.17, 15) is 4.79 Å². The van der Waals surface area contributed by atoms with Crippen molar-refractivity contribution in [1.82, 2.24) is 0 Å². The van der Waals surface area contributed by atoms with Crippen molar-refractivity contribution < 1.29 is 19.0 Å². The number of rotatable bonds is 5. The normalized spacial score (nSPS) is 19.4. The van der Waals surface area contributed by atoms with E-state index >= 15 is 0 Å². The van der Waals surface area contributed by atoms with Crippen LogP contribution in [0.25, 0.3) is 0 Å². The molecule has 4 nitrogen and oxygen atoms in total. The summed E-state index contributed by atoms with van der Waals surface area (Å²) in [7, 11) is 1.61. The molecule has 1 unspecified atom stereocenters. The van der Waals surface area contributed by atoms with Gasteiger partial charge in [0.15, 0.2) is 5.78 Å². The minimum atomic E-state index is -0.465. The summed E-state index contributed by atoms with van der Waals surface area (Å²) in [6.45, 7) is 4.79. The predicted octanol–water partition coefficient (Wildman–Crippen LogP) is 2.67. The third-order valence-electron chi connectivity index (χ3n) is 3.40. The Morgan fingerprint density at radius 3 is 2.58 bits per heavy atom. The van der Waals surface area contributed by atoms with E-state index in [2.05, 4.69) is 0 Å². The highest BCUT2D eigenvalue weighted by atomic mass is 16.7. The zero-order chi connectivity index (χ0) is 13.9. The van der Waals surface area contributed by atoms with Crippen molar-refractivity contribution in [2.75, 3.05) is 20.5 Å². The number of ether oxygens (including phenoxy) is 3. The standard InChI is InChI=1S/C15H20O4/c1-15(2,8-13-9-18-10-19-13)14(16)11-4-6-12(17-3)7-5-11/h4-7,13H,8-10H2,1-3H3. The summed E-state index contributed by atoms with van der Waals surface area (Å²) in [4.78, 5) is 12.5. The van der Waals surface area contributed by atoms with Gasteiger partial charge in [0, 0.05) is 11.0 Å². The Bertz CT molecular complexity index is 430. The number of hydrogen-bond donors (Lipinski definition) is 0. The Morgan fingerprint density at radius 2 is 2.05 bits per heavy atom. The van der Waals surface area contributed by atoms with Gasteiger partial charge in [-0.3, -0.25) is 4.79 Å². The van der Waals surface area contributed by atoms with Crippen LogP contribution in [0.2, 0.25) is 0 Å². The van der Waals surface area contributed by atoms with Gasteiger partial charge in [0.05, 0.1) is 19.8 Å². The first-order valence-electron chi connectivity index (χ1n) is 6.41. The Balaban J connectivity index is 2.07. The fourth-order valence-corrected chi connectivity index (χ4v) is 2.28. The first kappa shape index (κ1) is 14.0. The van der Waals surface area contributed by atoms with Crippen LogP contribution in [0.4, 0.5) is 0 Å². The molecule has 0 radical (unpaired) electrons. The third kappa shape index (κ3) is 3.33. The van der Waals surface area contributed by atoms with E-state index in [1.54, 1.807) is 31.4 Å². The highest BCUT2D eigenvalue weighted by Gasteiger charge is 2.33. The summed E-state index contributed by atoms with van der Waals surface area (Å²) in [5.74, 6) is 0.868. The van der Waals surface area contributed by atoms with E-state index in [-0.39, 0.29) is 11.9 Å². The van der Waals surface area contributed by atoms with Gasteiger partial charge in [-0.15, -0.1) is 0 Å². The average Bonchev–Trinajstić information content (AvgIpc) is 2.90. The Morgan fingerprint density at radius 1 is 1.37 bits per heavy atom. The fourth-order valence-electron chi connectivity index (χ4n) is 2.28. The lowest BCUT2D eigenvalue weighted by Gasteiger charge is -2.25. The summed E-state index contributed by atoms with van der Waals surface area (Å²) >= 11 is 0. The summed E-state index contributed by atoms with van der Waals surface area (Å²) < 4.78 is 15.7. The maximum atomic E-state index is 12.5.